The van der Waals surface area contributed by atoms with E-state index in [1.165, 1.54) is 4.57 Å². The predicted molar refractivity (Wildman–Crippen MR) is 58.2 cm³/mol. The fraction of sp³-hybridized carbons (Fsp3) is 0.333. The predicted octanol–water partition coefficient (Wildman–Crippen LogP) is 1.45. The highest BCUT2D eigenvalue weighted by Gasteiger charge is 2.02. The molecule has 0 aromatic carbocycles. The fourth-order valence-electron chi connectivity index (χ4n) is 1.06. The lowest BCUT2D eigenvalue weighted by Crippen LogP contribution is -2.25. The molecule has 0 saturated heterocycles. The van der Waals surface area contributed by atoms with Gasteiger partial charge in [-0.1, -0.05) is 0 Å². The molecule has 0 aliphatic carbocycles. The van der Waals surface area contributed by atoms with Crippen molar-refractivity contribution in [2.75, 3.05) is 18.5 Å². The number of hydrogen-bond donors (Lipinski definition) is 2. The largest absolute Gasteiger partial charge is 0.374 e. The Kier molecular flexibility index (Phi) is 3.30. The molecule has 1 aromatic heterocycles. The third-order valence-electron chi connectivity index (χ3n) is 2.06. The van der Waals surface area contributed by atoms with Gasteiger partial charge < -0.3 is 4.90 Å². The van der Waals surface area contributed by atoms with Gasteiger partial charge in [-0.2, -0.15) is 0 Å². The standard InChI is InChI=1S/C9H13ClN4/c1-3-13(2)7-4-5-8(11)14(6-7)9(10)12/h4-6,11-12H,3H2,1-2H3. The topological polar surface area (TPSA) is 55.9 Å². The molecule has 1 heterocycles. The first-order valence-electron chi connectivity index (χ1n) is 4.29. The van der Waals surface area contributed by atoms with E-state index in [-0.39, 0.29) is 10.8 Å². The highest BCUT2D eigenvalue weighted by atomic mass is 35.5. The van der Waals surface area contributed by atoms with E-state index in [0.717, 1.165) is 12.2 Å². The summed E-state index contributed by atoms with van der Waals surface area (Å²) in [5.41, 5.74) is 1.15. The van der Waals surface area contributed by atoms with E-state index in [1.807, 2.05) is 24.9 Å². The molecule has 14 heavy (non-hydrogen) atoms. The van der Waals surface area contributed by atoms with E-state index in [2.05, 4.69) is 0 Å². The maximum atomic E-state index is 7.52. The zero-order valence-corrected chi connectivity index (χ0v) is 8.97. The van der Waals surface area contributed by atoms with Gasteiger partial charge in [0.05, 0.1) is 5.69 Å². The average Bonchev–Trinajstić information content (AvgIpc) is 2.17. The minimum absolute atomic E-state index is 0.165. The number of hydrogen-bond acceptors (Lipinski definition) is 3. The van der Waals surface area contributed by atoms with Crippen molar-refractivity contribution in [3.05, 3.63) is 23.8 Å². The monoisotopic (exact) mass is 212 g/mol. The molecule has 0 saturated carbocycles. The van der Waals surface area contributed by atoms with Crippen molar-refractivity contribution in [3.63, 3.8) is 0 Å². The first-order valence-corrected chi connectivity index (χ1v) is 4.67. The molecule has 2 N–H and O–H groups in total. The molecule has 1 rings (SSSR count). The molecular formula is C9H13ClN4. The summed E-state index contributed by atoms with van der Waals surface area (Å²) in [5.74, 6) is 0. The second kappa shape index (κ2) is 4.28. The number of rotatable bonds is 2. The minimum Gasteiger partial charge on any atom is -0.374 e. The summed E-state index contributed by atoms with van der Waals surface area (Å²) in [6.07, 6.45) is 1.68. The molecule has 0 atom stereocenters. The zero-order chi connectivity index (χ0) is 10.7. The minimum atomic E-state index is -0.165. The Hall–Kier alpha value is -1.29. The van der Waals surface area contributed by atoms with Crippen LogP contribution < -0.4 is 10.4 Å². The highest BCUT2D eigenvalue weighted by molar-refractivity contribution is 6.64. The number of aromatic nitrogens is 1. The summed E-state index contributed by atoms with van der Waals surface area (Å²) in [4.78, 5) is 2.01. The van der Waals surface area contributed by atoms with E-state index in [9.17, 15) is 0 Å². The van der Waals surface area contributed by atoms with Crippen molar-refractivity contribution in [1.29, 1.82) is 10.8 Å². The first kappa shape index (κ1) is 10.8. The molecule has 4 nitrogen and oxygen atoms in total. The molecule has 0 radical (unpaired) electrons. The third kappa shape index (κ3) is 2.14. The summed E-state index contributed by atoms with van der Waals surface area (Å²) in [7, 11) is 1.95. The SMILES string of the molecule is CCN(C)c1ccc(=N)n(C(=N)Cl)c1. The van der Waals surface area contributed by atoms with Crippen LogP contribution in [0.3, 0.4) is 0 Å². The smallest absolute Gasteiger partial charge is 0.201 e. The summed E-state index contributed by atoms with van der Waals surface area (Å²) in [6, 6.07) is 3.46. The van der Waals surface area contributed by atoms with Crippen LogP contribution in [-0.2, 0) is 0 Å². The van der Waals surface area contributed by atoms with Crippen LogP contribution in [0.25, 0.3) is 0 Å². The Morgan fingerprint density at radius 1 is 1.57 bits per heavy atom. The molecule has 0 fully saturated rings. The molecular weight excluding hydrogens is 200 g/mol. The van der Waals surface area contributed by atoms with Crippen LogP contribution in [0.5, 0.6) is 0 Å². The highest BCUT2D eigenvalue weighted by Crippen LogP contribution is 2.08. The first-order chi connectivity index (χ1) is 6.56. The molecule has 0 unspecified atom stereocenters. The Balaban J connectivity index is 3.19. The van der Waals surface area contributed by atoms with Gasteiger partial charge in [-0.25, -0.2) is 0 Å². The van der Waals surface area contributed by atoms with E-state index in [0.29, 0.717) is 0 Å². The lowest BCUT2D eigenvalue weighted by atomic mass is 10.3. The maximum absolute atomic E-state index is 7.52. The summed E-state index contributed by atoms with van der Waals surface area (Å²) >= 11 is 5.54. The van der Waals surface area contributed by atoms with E-state index < -0.39 is 0 Å². The zero-order valence-electron chi connectivity index (χ0n) is 8.21. The second-order valence-electron chi connectivity index (χ2n) is 2.95. The van der Waals surface area contributed by atoms with E-state index in [1.54, 1.807) is 12.3 Å². The van der Waals surface area contributed by atoms with Crippen LogP contribution in [0.15, 0.2) is 18.3 Å². The summed E-state index contributed by atoms with van der Waals surface area (Å²) in [5, 5.41) is 14.6. The van der Waals surface area contributed by atoms with E-state index >= 15 is 0 Å². The Morgan fingerprint density at radius 2 is 2.21 bits per heavy atom. The Labute approximate surface area is 87.8 Å². The number of pyridine rings is 1. The lowest BCUT2D eigenvalue weighted by molar-refractivity contribution is 0.924. The van der Waals surface area contributed by atoms with Crippen molar-refractivity contribution in [3.8, 4) is 0 Å². The number of anilines is 1. The molecule has 0 aliphatic heterocycles. The molecule has 0 amide bonds. The third-order valence-corrected chi connectivity index (χ3v) is 2.24. The number of halogens is 1. The van der Waals surface area contributed by atoms with Gasteiger partial charge in [-0.05, 0) is 30.7 Å². The van der Waals surface area contributed by atoms with Crippen molar-refractivity contribution >= 4 is 22.6 Å². The van der Waals surface area contributed by atoms with Crippen LogP contribution in [0.2, 0.25) is 0 Å². The second-order valence-corrected chi connectivity index (χ2v) is 3.31. The van der Waals surface area contributed by atoms with Crippen LogP contribution in [0.1, 0.15) is 6.92 Å². The van der Waals surface area contributed by atoms with Crippen LogP contribution in [-0.4, -0.2) is 23.5 Å². The van der Waals surface area contributed by atoms with Gasteiger partial charge >= 0.3 is 0 Å². The number of nitrogens with one attached hydrogen (secondary N) is 2. The Morgan fingerprint density at radius 3 is 2.71 bits per heavy atom. The van der Waals surface area contributed by atoms with Gasteiger partial charge in [0.15, 0.2) is 0 Å². The van der Waals surface area contributed by atoms with Crippen LogP contribution >= 0.6 is 11.6 Å². The number of nitrogens with zero attached hydrogens (tertiary/aromatic N) is 2. The van der Waals surface area contributed by atoms with Crippen molar-refractivity contribution in [2.45, 2.75) is 6.92 Å². The van der Waals surface area contributed by atoms with Gasteiger partial charge in [0, 0.05) is 19.8 Å². The van der Waals surface area contributed by atoms with Crippen LogP contribution in [0.4, 0.5) is 5.69 Å². The van der Waals surface area contributed by atoms with Gasteiger partial charge in [-0.3, -0.25) is 15.4 Å². The normalized spacial score (nSPS) is 9.93. The molecule has 5 heteroatoms. The van der Waals surface area contributed by atoms with Gasteiger partial charge in [0.25, 0.3) is 0 Å². The van der Waals surface area contributed by atoms with Crippen molar-refractivity contribution < 1.29 is 0 Å². The molecule has 76 valence electrons. The maximum Gasteiger partial charge on any atom is 0.201 e. The summed E-state index contributed by atoms with van der Waals surface area (Å²) in [6.45, 7) is 2.90. The van der Waals surface area contributed by atoms with E-state index in [4.69, 9.17) is 22.4 Å². The fourth-order valence-corrected chi connectivity index (χ4v) is 1.20. The Bertz CT molecular complexity index is 396. The molecule has 0 aliphatic rings. The van der Waals surface area contributed by atoms with Gasteiger partial charge in [-0.15, -0.1) is 0 Å². The van der Waals surface area contributed by atoms with Crippen molar-refractivity contribution in [2.24, 2.45) is 0 Å². The quantitative estimate of drug-likeness (QED) is 0.566. The van der Waals surface area contributed by atoms with Gasteiger partial charge in [0.1, 0.15) is 5.49 Å². The van der Waals surface area contributed by atoms with Crippen LogP contribution in [0, 0.1) is 10.8 Å². The molecule has 0 spiro atoms. The average molecular weight is 213 g/mol. The lowest BCUT2D eigenvalue weighted by Gasteiger charge is -2.17. The molecule has 0 bridgehead atoms. The van der Waals surface area contributed by atoms with Crippen molar-refractivity contribution in [1.82, 2.24) is 4.57 Å². The van der Waals surface area contributed by atoms with Gasteiger partial charge in [0.2, 0.25) is 5.29 Å². The summed E-state index contributed by atoms with van der Waals surface area (Å²) < 4.78 is 1.32. The molecule has 1 aromatic rings.